The smallest absolute Gasteiger partial charge is 0.339 e. The molecule has 1 aliphatic rings. The second-order valence-corrected chi connectivity index (χ2v) is 7.29. The second-order valence-electron chi connectivity index (χ2n) is 7.29. The quantitative estimate of drug-likeness (QED) is 0.590. The van der Waals surface area contributed by atoms with Crippen LogP contribution < -0.4 is 4.74 Å². The van der Waals surface area contributed by atoms with Crippen LogP contribution in [-0.2, 0) is 14.3 Å². The van der Waals surface area contributed by atoms with E-state index in [1.807, 2.05) is 48.5 Å². The van der Waals surface area contributed by atoms with Crippen molar-refractivity contribution in [3.05, 3.63) is 60.2 Å². The van der Waals surface area contributed by atoms with Gasteiger partial charge in [0.15, 0.2) is 6.10 Å². The highest BCUT2D eigenvalue weighted by molar-refractivity contribution is 6.05. The van der Waals surface area contributed by atoms with Gasteiger partial charge >= 0.3 is 5.97 Å². The van der Waals surface area contributed by atoms with Crippen LogP contribution in [0.4, 0.5) is 0 Å². The average Bonchev–Trinajstić information content (AvgIpc) is 2.83. The van der Waals surface area contributed by atoms with Crippen LogP contribution in [0.15, 0.2) is 54.6 Å². The summed E-state index contributed by atoms with van der Waals surface area (Å²) < 4.78 is 16.1. The molecule has 1 saturated heterocycles. The number of methoxy groups -OCH3 is 1. The molecule has 2 aromatic carbocycles. The number of rotatable bonds is 5. The van der Waals surface area contributed by atoms with E-state index < -0.39 is 12.1 Å². The van der Waals surface area contributed by atoms with Crippen LogP contribution in [0.2, 0.25) is 0 Å². The second kappa shape index (κ2) is 9.14. The molecule has 0 unspecified atom stereocenters. The molecule has 0 N–H and O–H groups in total. The molecule has 0 spiro atoms. The summed E-state index contributed by atoms with van der Waals surface area (Å²) in [6.45, 7) is 3.59. The first kappa shape index (κ1) is 20.8. The Hall–Kier alpha value is -3.45. The number of amides is 1. The van der Waals surface area contributed by atoms with Crippen molar-refractivity contribution in [3.63, 3.8) is 0 Å². The Labute approximate surface area is 180 Å². The summed E-state index contributed by atoms with van der Waals surface area (Å²) in [5.41, 5.74) is 2.53. The minimum atomic E-state index is -0.887. The first-order valence-electron chi connectivity index (χ1n) is 10.2. The zero-order valence-electron chi connectivity index (χ0n) is 17.5. The number of nitrogens with zero attached hydrogens (tertiary/aromatic N) is 2. The molecule has 1 aromatic heterocycles. The van der Waals surface area contributed by atoms with Gasteiger partial charge in [-0.3, -0.25) is 4.79 Å². The van der Waals surface area contributed by atoms with Crippen LogP contribution in [0, 0.1) is 0 Å². The van der Waals surface area contributed by atoms with Crippen molar-refractivity contribution in [1.29, 1.82) is 0 Å². The normalized spacial score (nSPS) is 14.8. The predicted molar refractivity (Wildman–Crippen MR) is 116 cm³/mol. The van der Waals surface area contributed by atoms with E-state index in [1.165, 1.54) is 0 Å². The van der Waals surface area contributed by atoms with Crippen LogP contribution in [0.5, 0.6) is 5.75 Å². The molecule has 31 heavy (non-hydrogen) atoms. The SMILES string of the molecule is COc1ccc(-c2cc(C(=O)O[C@@H](C)C(=O)N3CCOCC3)c3ccccc3n2)cc1. The van der Waals surface area contributed by atoms with Gasteiger partial charge in [-0.05, 0) is 43.3 Å². The van der Waals surface area contributed by atoms with E-state index in [4.69, 9.17) is 19.2 Å². The van der Waals surface area contributed by atoms with E-state index in [-0.39, 0.29) is 5.91 Å². The number of esters is 1. The molecule has 0 saturated carbocycles. The summed E-state index contributed by atoms with van der Waals surface area (Å²) in [6.07, 6.45) is -0.887. The summed E-state index contributed by atoms with van der Waals surface area (Å²) in [5.74, 6) is -0.0347. The number of para-hydroxylation sites is 1. The molecule has 1 amide bonds. The number of hydrogen-bond acceptors (Lipinski definition) is 6. The molecule has 2 heterocycles. The van der Waals surface area contributed by atoms with Gasteiger partial charge in [0.2, 0.25) is 0 Å². The third-order valence-electron chi connectivity index (χ3n) is 5.28. The third kappa shape index (κ3) is 4.51. The Morgan fingerprint density at radius 2 is 1.77 bits per heavy atom. The minimum Gasteiger partial charge on any atom is -0.497 e. The van der Waals surface area contributed by atoms with Crippen LogP contribution in [0.3, 0.4) is 0 Å². The summed E-state index contributed by atoms with van der Waals surface area (Å²) in [7, 11) is 1.61. The molecule has 3 aromatic rings. The highest BCUT2D eigenvalue weighted by Gasteiger charge is 2.26. The zero-order chi connectivity index (χ0) is 21.8. The minimum absolute atomic E-state index is 0.217. The van der Waals surface area contributed by atoms with Crippen molar-refractivity contribution in [2.45, 2.75) is 13.0 Å². The summed E-state index contributed by atoms with van der Waals surface area (Å²) in [5, 5.41) is 0.677. The summed E-state index contributed by atoms with van der Waals surface area (Å²) in [6, 6.07) is 16.5. The van der Waals surface area contributed by atoms with E-state index in [0.717, 1.165) is 11.3 Å². The third-order valence-corrected chi connectivity index (χ3v) is 5.28. The average molecular weight is 420 g/mol. The van der Waals surface area contributed by atoms with E-state index in [9.17, 15) is 9.59 Å². The van der Waals surface area contributed by atoms with Gasteiger partial charge in [-0.2, -0.15) is 0 Å². The van der Waals surface area contributed by atoms with E-state index in [2.05, 4.69) is 0 Å². The van der Waals surface area contributed by atoms with Crippen LogP contribution >= 0.6 is 0 Å². The van der Waals surface area contributed by atoms with Crippen LogP contribution in [0.1, 0.15) is 17.3 Å². The molecule has 7 nitrogen and oxygen atoms in total. The fourth-order valence-electron chi connectivity index (χ4n) is 3.57. The first-order chi connectivity index (χ1) is 15.1. The van der Waals surface area contributed by atoms with Gasteiger partial charge in [-0.25, -0.2) is 9.78 Å². The van der Waals surface area contributed by atoms with Gasteiger partial charge in [0.25, 0.3) is 5.91 Å². The maximum absolute atomic E-state index is 13.1. The molecule has 4 rings (SSSR count). The maximum Gasteiger partial charge on any atom is 0.339 e. The highest BCUT2D eigenvalue weighted by Crippen LogP contribution is 2.27. The summed E-state index contributed by atoms with van der Waals surface area (Å²) >= 11 is 0. The Balaban J connectivity index is 1.63. The lowest BCUT2D eigenvalue weighted by Gasteiger charge is -2.29. The first-order valence-corrected chi connectivity index (χ1v) is 10.2. The maximum atomic E-state index is 13.1. The molecule has 1 aliphatic heterocycles. The van der Waals surface area contributed by atoms with Crippen LogP contribution in [-0.4, -0.2) is 61.3 Å². The van der Waals surface area contributed by atoms with E-state index >= 15 is 0 Å². The van der Waals surface area contributed by atoms with Gasteiger partial charge in [0.05, 0.1) is 37.1 Å². The topological polar surface area (TPSA) is 78.0 Å². The number of hydrogen-bond donors (Lipinski definition) is 0. The summed E-state index contributed by atoms with van der Waals surface area (Å²) in [4.78, 5) is 32.1. The molecular formula is C24H24N2O5. The fourth-order valence-corrected chi connectivity index (χ4v) is 3.57. The molecule has 160 valence electrons. The van der Waals surface area contributed by atoms with Crippen molar-refractivity contribution in [3.8, 4) is 17.0 Å². The van der Waals surface area contributed by atoms with E-state index in [0.29, 0.717) is 48.5 Å². The lowest BCUT2D eigenvalue weighted by molar-refractivity contribution is -0.143. The van der Waals surface area contributed by atoms with E-state index in [1.54, 1.807) is 25.0 Å². The van der Waals surface area contributed by atoms with Crippen molar-refractivity contribution in [1.82, 2.24) is 9.88 Å². The number of carbonyl (C=O) groups is 2. The molecule has 1 atom stereocenters. The fraction of sp³-hybridized carbons (Fsp3) is 0.292. The van der Waals surface area contributed by atoms with Crippen LogP contribution in [0.25, 0.3) is 22.2 Å². The molecule has 7 heteroatoms. The van der Waals surface area contributed by atoms with Crippen molar-refractivity contribution < 1.29 is 23.8 Å². The Bertz CT molecular complexity index is 1090. The predicted octanol–water partition coefficient (Wildman–Crippen LogP) is 3.31. The highest BCUT2D eigenvalue weighted by atomic mass is 16.5. The van der Waals surface area contributed by atoms with Gasteiger partial charge in [-0.15, -0.1) is 0 Å². The molecule has 1 fully saturated rings. The van der Waals surface area contributed by atoms with Gasteiger partial charge < -0.3 is 19.1 Å². The molecular weight excluding hydrogens is 396 g/mol. The lowest BCUT2D eigenvalue weighted by atomic mass is 10.0. The standard InChI is InChI=1S/C24H24N2O5/c1-16(23(27)26-11-13-30-14-12-26)31-24(28)20-15-22(17-7-9-18(29-2)10-8-17)25-21-6-4-3-5-19(20)21/h3-10,15-16H,11-14H2,1-2H3/t16-/m0/s1. The molecule has 0 radical (unpaired) electrons. The zero-order valence-corrected chi connectivity index (χ0v) is 17.5. The Morgan fingerprint density at radius 1 is 1.06 bits per heavy atom. The number of fused-ring (bicyclic) bond motifs is 1. The number of benzene rings is 2. The van der Waals surface area contributed by atoms with Gasteiger partial charge in [0, 0.05) is 24.0 Å². The Morgan fingerprint density at radius 3 is 2.48 bits per heavy atom. The Kier molecular flexibility index (Phi) is 6.13. The van der Waals surface area contributed by atoms with Crippen molar-refractivity contribution >= 4 is 22.8 Å². The van der Waals surface area contributed by atoms with Gasteiger partial charge in [-0.1, -0.05) is 18.2 Å². The monoisotopic (exact) mass is 420 g/mol. The van der Waals surface area contributed by atoms with Crippen molar-refractivity contribution in [2.24, 2.45) is 0 Å². The lowest BCUT2D eigenvalue weighted by Crippen LogP contribution is -2.46. The number of aromatic nitrogens is 1. The largest absolute Gasteiger partial charge is 0.497 e. The number of pyridine rings is 1. The molecule has 0 aliphatic carbocycles. The molecule has 0 bridgehead atoms. The number of carbonyl (C=O) groups excluding carboxylic acids is 2. The van der Waals surface area contributed by atoms with Crippen molar-refractivity contribution in [2.75, 3.05) is 33.4 Å². The van der Waals surface area contributed by atoms with Gasteiger partial charge in [0.1, 0.15) is 5.75 Å². The number of morpholine rings is 1. The number of ether oxygens (including phenoxy) is 3.